The highest BCUT2D eigenvalue weighted by atomic mass is 16.2. The van der Waals surface area contributed by atoms with E-state index in [1.165, 1.54) is 4.90 Å². The number of imide groups is 1. The number of carbonyl (C=O) groups is 3. The van der Waals surface area contributed by atoms with Crippen molar-refractivity contribution in [1.82, 2.24) is 15.1 Å². The summed E-state index contributed by atoms with van der Waals surface area (Å²) in [7, 11) is 3.84. The van der Waals surface area contributed by atoms with E-state index >= 15 is 0 Å². The molecular weight excluding hydrogens is 308 g/mol. The first kappa shape index (κ1) is 17.9. The molecule has 2 N–H and O–H groups in total. The number of benzene rings is 1. The molecule has 1 aromatic rings. The van der Waals surface area contributed by atoms with Crippen molar-refractivity contribution in [3.05, 3.63) is 29.3 Å². The van der Waals surface area contributed by atoms with Crippen LogP contribution in [0.3, 0.4) is 0 Å². The quantitative estimate of drug-likeness (QED) is 0.776. The number of urea groups is 1. The first-order valence-electron chi connectivity index (χ1n) is 7.99. The molecule has 0 saturated carbocycles. The van der Waals surface area contributed by atoms with Crippen LogP contribution in [0.25, 0.3) is 0 Å². The van der Waals surface area contributed by atoms with Crippen LogP contribution < -0.4 is 10.6 Å². The molecule has 1 aliphatic heterocycles. The Balaban J connectivity index is 2.05. The highest BCUT2D eigenvalue weighted by molar-refractivity contribution is 6.21. The van der Waals surface area contributed by atoms with E-state index in [4.69, 9.17) is 0 Å². The molecule has 0 atom stereocenters. The summed E-state index contributed by atoms with van der Waals surface area (Å²) in [6.45, 7) is 5.54. The summed E-state index contributed by atoms with van der Waals surface area (Å²) in [4.78, 5) is 39.7. The maximum absolute atomic E-state index is 12.4. The van der Waals surface area contributed by atoms with Gasteiger partial charge in [-0.05, 0) is 38.2 Å². The number of hydrogen-bond donors (Lipinski definition) is 2. The summed E-state index contributed by atoms with van der Waals surface area (Å²) in [6, 6.07) is 4.44. The van der Waals surface area contributed by atoms with Crippen molar-refractivity contribution in [2.24, 2.45) is 5.92 Å². The number of hydrogen-bond acceptors (Lipinski definition) is 4. The molecule has 1 aliphatic rings. The van der Waals surface area contributed by atoms with Crippen molar-refractivity contribution in [3.8, 4) is 0 Å². The molecule has 0 spiro atoms. The molecule has 24 heavy (non-hydrogen) atoms. The Kier molecular flexibility index (Phi) is 5.56. The van der Waals surface area contributed by atoms with Crippen LogP contribution >= 0.6 is 0 Å². The Bertz CT molecular complexity index is 655. The molecule has 0 unspecified atom stereocenters. The van der Waals surface area contributed by atoms with Crippen LogP contribution in [0.2, 0.25) is 0 Å². The summed E-state index contributed by atoms with van der Waals surface area (Å²) >= 11 is 0. The monoisotopic (exact) mass is 332 g/mol. The first-order chi connectivity index (χ1) is 11.3. The lowest BCUT2D eigenvalue weighted by Gasteiger charge is -2.15. The standard InChI is InChI=1S/C17H24N4O3/c1-11(2)10-21-15(22)13-6-5-12(9-14(13)16(21)23)19-17(24)18-7-8-20(3)4/h5-6,9,11H,7-8,10H2,1-4H3,(H2,18,19,24). The molecule has 0 aromatic heterocycles. The largest absolute Gasteiger partial charge is 0.337 e. The molecule has 2 rings (SSSR count). The summed E-state index contributed by atoms with van der Waals surface area (Å²) in [5.41, 5.74) is 1.22. The Morgan fingerprint density at radius 3 is 2.46 bits per heavy atom. The van der Waals surface area contributed by atoms with Crippen molar-refractivity contribution < 1.29 is 14.4 Å². The van der Waals surface area contributed by atoms with E-state index in [0.717, 1.165) is 6.54 Å². The minimum atomic E-state index is -0.340. The average molecular weight is 332 g/mol. The predicted octanol–water partition coefficient (Wildman–Crippen LogP) is 1.62. The van der Waals surface area contributed by atoms with Gasteiger partial charge in [0.1, 0.15) is 0 Å². The summed E-state index contributed by atoms with van der Waals surface area (Å²) < 4.78 is 0. The number of fused-ring (bicyclic) bond motifs is 1. The second-order valence-corrected chi connectivity index (χ2v) is 6.56. The van der Waals surface area contributed by atoms with Crippen LogP contribution in [0.4, 0.5) is 10.5 Å². The number of anilines is 1. The van der Waals surface area contributed by atoms with Crippen molar-refractivity contribution in [3.63, 3.8) is 0 Å². The van der Waals surface area contributed by atoms with Gasteiger partial charge in [0.25, 0.3) is 11.8 Å². The molecule has 1 aromatic carbocycles. The highest BCUT2D eigenvalue weighted by Gasteiger charge is 2.35. The Morgan fingerprint density at radius 1 is 1.17 bits per heavy atom. The normalized spacial score (nSPS) is 13.7. The molecule has 0 bridgehead atoms. The third-order valence-electron chi connectivity index (χ3n) is 3.62. The summed E-state index contributed by atoms with van der Waals surface area (Å²) in [5, 5.41) is 5.42. The van der Waals surface area contributed by atoms with Gasteiger partial charge in [-0.1, -0.05) is 13.8 Å². The highest BCUT2D eigenvalue weighted by Crippen LogP contribution is 2.26. The molecule has 4 amide bonds. The fourth-order valence-electron chi connectivity index (χ4n) is 2.47. The van der Waals surface area contributed by atoms with E-state index in [9.17, 15) is 14.4 Å². The number of likely N-dealkylation sites (N-methyl/N-ethyl adjacent to an activating group) is 1. The van der Waals surface area contributed by atoms with Crippen molar-refractivity contribution in [2.75, 3.05) is 39.0 Å². The molecule has 0 fully saturated rings. The summed E-state index contributed by atoms with van der Waals surface area (Å²) in [6.07, 6.45) is 0. The molecule has 130 valence electrons. The molecular formula is C17H24N4O3. The van der Waals surface area contributed by atoms with E-state index in [-0.39, 0.29) is 23.8 Å². The number of carbonyl (C=O) groups excluding carboxylic acids is 3. The van der Waals surface area contributed by atoms with Gasteiger partial charge in [-0.3, -0.25) is 14.5 Å². The van der Waals surface area contributed by atoms with Gasteiger partial charge in [-0.2, -0.15) is 0 Å². The lowest BCUT2D eigenvalue weighted by molar-refractivity contribution is 0.0636. The average Bonchev–Trinajstić information content (AvgIpc) is 2.71. The van der Waals surface area contributed by atoms with Gasteiger partial charge in [0.15, 0.2) is 0 Å². The number of amides is 4. The van der Waals surface area contributed by atoms with E-state index < -0.39 is 0 Å². The van der Waals surface area contributed by atoms with E-state index in [0.29, 0.717) is 29.9 Å². The zero-order chi connectivity index (χ0) is 17.9. The van der Waals surface area contributed by atoms with Gasteiger partial charge in [0, 0.05) is 25.3 Å². The van der Waals surface area contributed by atoms with Gasteiger partial charge in [0.05, 0.1) is 11.1 Å². The SMILES string of the molecule is CC(C)CN1C(=O)c2ccc(NC(=O)NCCN(C)C)cc2C1=O. The second kappa shape index (κ2) is 7.44. The topological polar surface area (TPSA) is 81.8 Å². The van der Waals surface area contributed by atoms with E-state index in [1.807, 2.05) is 32.8 Å². The zero-order valence-corrected chi connectivity index (χ0v) is 14.5. The maximum Gasteiger partial charge on any atom is 0.319 e. The summed E-state index contributed by atoms with van der Waals surface area (Å²) in [5.74, 6) is -0.377. The Hall–Kier alpha value is -2.41. The van der Waals surface area contributed by atoms with Crippen molar-refractivity contribution in [1.29, 1.82) is 0 Å². The van der Waals surface area contributed by atoms with Gasteiger partial charge in [-0.25, -0.2) is 4.79 Å². The van der Waals surface area contributed by atoms with Crippen LogP contribution in [-0.2, 0) is 0 Å². The third-order valence-corrected chi connectivity index (χ3v) is 3.62. The zero-order valence-electron chi connectivity index (χ0n) is 14.5. The van der Waals surface area contributed by atoms with Crippen LogP contribution in [0.5, 0.6) is 0 Å². The number of nitrogens with one attached hydrogen (secondary N) is 2. The van der Waals surface area contributed by atoms with Crippen LogP contribution in [0, 0.1) is 5.92 Å². The molecule has 7 heteroatoms. The minimum Gasteiger partial charge on any atom is -0.337 e. The van der Waals surface area contributed by atoms with Crippen molar-refractivity contribution in [2.45, 2.75) is 13.8 Å². The Labute approximate surface area is 142 Å². The fraction of sp³-hybridized carbons (Fsp3) is 0.471. The van der Waals surface area contributed by atoms with Gasteiger partial charge in [0.2, 0.25) is 0 Å². The molecule has 0 saturated heterocycles. The molecule has 7 nitrogen and oxygen atoms in total. The van der Waals surface area contributed by atoms with Gasteiger partial charge >= 0.3 is 6.03 Å². The fourth-order valence-corrected chi connectivity index (χ4v) is 2.47. The molecule has 0 radical (unpaired) electrons. The molecule has 1 heterocycles. The van der Waals surface area contributed by atoms with Gasteiger partial charge < -0.3 is 15.5 Å². The smallest absolute Gasteiger partial charge is 0.319 e. The van der Waals surface area contributed by atoms with Crippen LogP contribution in [0.1, 0.15) is 34.6 Å². The van der Waals surface area contributed by atoms with Crippen molar-refractivity contribution >= 4 is 23.5 Å². The third kappa shape index (κ3) is 4.11. The number of rotatable bonds is 6. The van der Waals surface area contributed by atoms with E-state index in [2.05, 4.69) is 10.6 Å². The lowest BCUT2D eigenvalue weighted by Crippen LogP contribution is -2.34. The van der Waals surface area contributed by atoms with E-state index in [1.54, 1.807) is 18.2 Å². The Morgan fingerprint density at radius 2 is 1.83 bits per heavy atom. The predicted molar refractivity (Wildman–Crippen MR) is 92.2 cm³/mol. The first-order valence-corrected chi connectivity index (χ1v) is 7.99. The second-order valence-electron chi connectivity index (χ2n) is 6.56. The van der Waals surface area contributed by atoms with Gasteiger partial charge in [-0.15, -0.1) is 0 Å². The maximum atomic E-state index is 12.4. The van der Waals surface area contributed by atoms with Crippen LogP contribution in [-0.4, -0.2) is 61.4 Å². The number of nitrogens with zero attached hydrogens (tertiary/aromatic N) is 2. The lowest BCUT2D eigenvalue weighted by atomic mass is 10.1. The molecule has 0 aliphatic carbocycles. The minimum absolute atomic E-state index is 0.201. The van der Waals surface area contributed by atoms with Crippen LogP contribution in [0.15, 0.2) is 18.2 Å².